The molecule has 41 heavy (non-hydrogen) atoms. The minimum Gasteiger partial charge on any atom is -0.466 e. The van der Waals surface area contributed by atoms with Crippen molar-refractivity contribution < 1.29 is 27.4 Å². The minimum atomic E-state index is -4.79. The van der Waals surface area contributed by atoms with E-state index in [9.17, 15) is 18.0 Å². The summed E-state index contributed by atoms with van der Waals surface area (Å²) in [5, 5.41) is 0. The number of rotatable bonds is 11. The molecule has 0 amide bonds. The van der Waals surface area contributed by atoms with Gasteiger partial charge < -0.3 is 9.47 Å². The van der Waals surface area contributed by atoms with Gasteiger partial charge in [-0.25, -0.2) is 0 Å². The third-order valence-corrected chi connectivity index (χ3v) is 6.94. The predicted molar refractivity (Wildman–Crippen MR) is 154 cm³/mol. The van der Waals surface area contributed by atoms with E-state index in [0.717, 1.165) is 27.8 Å². The quantitative estimate of drug-likeness (QED) is 0.172. The van der Waals surface area contributed by atoms with E-state index >= 15 is 0 Å². The first-order chi connectivity index (χ1) is 19.6. The smallest absolute Gasteiger partial charge is 0.466 e. The second-order valence-electron chi connectivity index (χ2n) is 9.98. The predicted octanol–water partition coefficient (Wildman–Crippen LogP) is 8.82. The number of nitrogens with zero attached hydrogens (tertiary/aromatic N) is 1. The Morgan fingerprint density at radius 1 is 0.829 bits per heavy atom. The lowest BCUT2D eigenvalue weighted by atomic mass is 9.92. The number of halogens is 3. The molecule has 4 rings (SSSR count). The van der Waals surface area contributed by atoms with Gasteiger partial charge in [-0.2, -0.15) is 0 Å². The molecule has 4 aromatic carbocycles. The maximum absolute atomic E-state index is 13.0. The lowest BCUT2D eigenvalue weighted by molar-refractivity contribution is -0.274. The first-order valence-electron chi connectivity index (χ1n) is 13.6. The Morgan fingerprint density at radius 3 is 2.17 bits per heavy atom. The van der Waals surface area contributed by atoms with Crippen LogP contribution in [-0.2, 0) is 16.1 Å². The monoisotopic (exact) mass is 561 g/mol. The zero-order valence-electron chi connectivity index (χ0n) is 23.4. The SMILES string of the molecule is CCOC(=O)C[C@@H](c1cc(C)cc(-c2cccc(OC(F)(F)F)c2)c1)N(Cc1ccccc1)[C@H](C)c1ccccc1. The number of carbonyl (C=O) groups excluding carboxylic acids is 1. The van der Waals surface area contributed by atoms with Gasteiger partial charge in [-0.05, 0) is 66.8 Å². The highest BCUT2D eigenvalue weighted by atomic mass is 19.4. The summed E-state index contributed by atoms with van der Waals surface area (Å²) in [4.78, 5) is 15.3. The zero-order chi connectivity index (χ0) is 29.4. The summed E-state index contributed by atoms with van der Waals surface area (Å²) in [5.41, 5.74) is 5.29. The average Bonchev–Trinajstić information content (AvgIpc) is 2.94. The van der Waals surface area contributed by atoms with Gasteiger partial charge in [0.1, 0.15) is 5.75 Å². The van der Waals surface area contributed by atoms with Crippen LogP contribution in [0.3, 0.4) is 0 Å². The summed E-state index contributed by atoms with van der Waals surface area (Å²) in [6.45, 7) is 6.67. The van der Waals surface area contributed by atoms with Crippen molar-refractivity contribution in [2.45, 2.75) is 52.2 Å². The first kappa shape index (κ1) is 29.9. The van der Waals surface area contributed by atoms with Gasteiger partial charge in [0.05, 0.1) is 13.0 Å². The van der Waals surface area contributed by atoms with Crippen LogP contribution in [0.4, 0.5) is 13.2 Å². The van der Waals surface area contributed by atoms with Gasteiger partial charge in [0.2, 0.25) is 0 Å². The molecule has 0 radical (unpaired) electrons. The van der Waals surface area contributed by atoms with Crippen molar-refractivity contribution in [1.29, 1.82) is 0 Å². The Bertz CT molecular complexity index is 1420. The standard InChI is InChI=1S/C34H34F3NO3/c1-4-40-33(39)22-32(38(23-26-12-7-5-8-13-26)25(3)27-14-9-6-10-15-27)30-19-24(2)18-29(20-30)28-16-11-17-31(21-28)41-34(35,36)37/h5-21,25,32H,4,22-23H2,1-3H3/t25-,32+/m1/s1. The number of benzene rings is 4. The van der Waals surface area contributed by atoms with Crippen LogP contribution in [0.1, 0.15) is 54.6 Å². The van der Waals surface area contributed by atoms with Crippen molar-refractivity contribution in [2.24, 2.45) is 0 Å². The summed E-state index contributed by atoms with van der Waals surface area (Å²) in [5.74, 6) is -0.607. The summed E-state index contributed by atoms with van der Waals surface area (Å²) in [6.07, 6.45) is -4.68. The highest BCUT2D eigenvalue weighted by Gasteiger charge is 2.32. The molecule has 0 saturated heterocycles. The van der Waals surface area contributed by atoms with Crippen LogP contribution < -0.4 is 4.74 Å². The van der Waals surface area contributed by atoms with E-state index in [1.807, 2.05) is 61.5 Å². The summed E-state index contributed by atoms with van der Waals surface area (Å²) >= 11 is 0. The Labute approximate surface area is 239 Å². The lowest BCUT2D eigenvalue weighted by Crippen LogP contribution is -2.33. The van der Waals surface area contributed by atoms with Gasteiger partial charge in [-0.1, -0.05) is 90.5 Å². The van der Waals surface area contributed by atoms with Crippen LogP contribution in [-0.4, -0.2) is 23.8 Å². The van der Waals surface area contributed by atoms with E-state index in [4.69, 9.17) is 4.74 Å². The van der Waals surface area contributed by atoms with Crippen LogP contribution in [0.2, 0.25) is 0 Å². The molecule has 0 aromatic heterocycles. The number of ether oxygens (including phenoxy) is 2. The molecule has 0 heterocycles. The Kier molecular flexibility index (Phi) is 9.84. The van der Waals surface area contributed by atoms with Gasteiger partial charge in [0.25, 0.3) is 0 Å². The normalized spacial score (nSPS) is 13.0. The largest absolute Gasteiger partial charge is 0.573 e. The molecule has 4 aromatic rings. The van der Waals surface area contributed by atoms with Crippen molar-refractivity contribution in [3.05, 3.63) is 125 Å². The third-order valence-electron chi connectivity index (χ3n) is 6.94. The second kappa shape index (κ2) is 13.5. The molecular weight excluding hydrogens is 527 g/mol. The Morgan fingerprint density at radius 2 is 1.51 bits per heavy atom. The fourth-order valence-corrected chi connectivity index (χ4v) is 5.08. The van der Waals surface area contributed by atoms with E-state index in [0.29, 0.717) is 12.1 Å². The maximum atomic E-state index is 13.0. The molecule has 0 saturated carbocycles. The fourth-order valence-electron chi connectivity index (χ4n) is 5.08. The van der Waals surface area contributed by atoms with Crippen LogP contribution in [0.25, 0.3) is 11.1 Å². The van der Waals surface area contributed by atoms with E-state index in [2.05, 4.69) is 40.8 Å². The summed E-state index contributed by atoms with van der Waals surface area (Å²) < 4.78 is 48.3. The molecule has 2 atom stereocenters. The van der Waals surface area contributed by atoms with Gasteiger partial charge in [-0.3, -0.25) is 9.69 Å². The van der Waals surface area contributed by atoms with Crippen molar-refractivity contribution in [2.75, 3.05) is 6.61 Å². The van der Waals surface area contributed by atoms with E-state index in [1.165, 1.54) is 18.2 Å². The second-order valence-corrected chi connectivity index (χ2v) is 9.98. The van der Waals surface area contributed by atoms with Gasteiger partial charge in [0, 0.05) is 18.6 Å². The molecule has 214 valence electrons. The van der Waals surface area contributed by atoms with Gasteiger partial charge in [0.15, 0.2) is 0 Å². The number of hydrogen-bond acceptors (Lipinski definition) is 4. The molecular formula is C34H34F3NO3. The maximum Gasteiger partial charge on any atom is 0.573 e. The zero-order valence-corrected chi connectivity index (χ0v) is 23.4. The van der Waals surface area contributed by atoms with Crippen LogP contribution in [0.5, 0.6) is 5.75 Å². The minimum absolute atomic E-state index is 0.0664. The van der Waals surface area contributed by atoms with Gasteiger partial charge >= 0.3 is 12.3 Å². The van der Waals surface area contributed by atoms with Crippen LogP contribution in [0.15, 0.2) is 103 Å². The van der Waals surface area contributed by atoms with Crippen molar-refractivity contribution >= 4 is 5.97 Å². The van der Waals surface area contributed by atoms with Crippen LogP contribution in [0, 0.1) is 6.92 Å². The highest BCUT2D eigenvalue weighted by molar-refractivity contribution is 5.71. The number of aryl methyl sites for hydroxylation is 1. The van der Waals surface area contributed by atoms with Gasteiger partial charge in [-0.15, -0.1) is 13.2 Å². The molecule has 0 aliphatic carbocycles. The van der Waals surface area contributed by atoms with Crippen molar-refractivity contribution in [3.8, 4) is 16.9 Å². The highest BCUT2D eigenvalue weighted by Crippen LogP contribution is 2.37. The molecule has 0 N–H and O–H groups in total. The topological polar surface area (TPSA) is 38.8 Å². The average molecular weight is 562 g/mol. The van der Waals surface area contributed by atoms with Crippen LogP contribution >= 0.6 is 0 Å². The lowest BCUT2D eigenvalue weighted by Gasteiger charge is -2.37. The molecule has 0 spiro atoms. The third kappa shape index (κ3) is 8.44. The molecule has 0 fully saturated rings. The molecule has 7 heteroatoms. The Hall–Kier alpha value is -4.10. The summed E-state index contributed by atoms with van der Waals surface area (Å²) in [6, 6.07) is 31.5. The van der Waals surface area contributed by atoms with E-state index < -0.39 is 6.36 Å². The number of carbonyl (C=O) groups is 1. The van der Waals surface area contributed by atoms with Crippen molar-refractivity contribution in [3.63, 3.8) is 0 Å². The molecule has 4 nitrogen and oxygen atoms in total. The molecule has 0 bridgehead atoms. The van der Waals surface area contributed by atoms with Crippen molar-refractivity contribution in [1.82, 2.24) is 4.90 Å². The number of hydrogen-bond donors (Lipinski definition) is 0. The fraction of sp³-hybridized carbons (Fsp3) is 0.265. The Balaban J connectivity index is 1.81. The molecule has 0 aliphatic heterocycles. The first-order valence-corrected chi connectivity index (χ1v) is 13.6. The number of alkyl halides is 3. The molecule has 0 unspecified atom stereocenters. The summed E-state index contributed by atoms with van der Waals surface area (Å²) in [7, 11) is 0. The number of esters is 1. The molecule has 0 aliphatic rings. The van der Waals surface area contributed by atoms with E-state index in [1.54, 1.807) is 13.0 Å². The van der Waals surface area contributed by atoms with E-state index in [-0.39, 0.29) is 36.8 Å².